The number of para-hydroxylation sites is 1. The molecule has 0 heterocycles. The zero-order valence-corrected chi connectivity index (χ0v) is 12.4. The molecule has 0 amide bonds. The number of aliphatic hydroxyl groups excluding tert-OH is 1. The third-order valence-electron chi connectivity index (χ3n) is 2.50. The maximum Gasteiger partial charge on any atom is 0.269 e. The molecule has 4 nitrogen and oxygen atoms in total. The fraction of sp³-hybridized carbons (Fsp3) is 0.375. The van der Waals surface area contributed by atoms with Crippen molar-refractivity contribution in [2.24, 2.45) is 0 Å². The van der Waals surface area contributed by atoms with Crippen LogP contribution in [0.3, 0.4) is 0 Å². The maximum absolute atomic E-state index is 10.0. The number of allylic oxidation sites excluding steroid dienone is 3. The quantitative estimate of drug-likeness (QED) is 0.496. The van der Waals surface area contributed by atoms with E-state index < -0.39 is 4.92 Å². The van der Waals surface area contributed by atoms with Gasteiger partial charge in [0.1, 0.15) is 0 Å². The van der Waals surface area contributed by atoms with E-state index in [9.17, 15) is 10.1 Å². The molecule has 110 valence electrons. The van der Waals surface area contributed by atoms with Gasteiger partial charge in [0.15, 0.2) is 0 Å². The van der Waals surface area contributed by atoms with E-state index in [4.69, 9.17) is 5.11 Å². The minimum atomic E-state index is -0.417. The first-order valence-corrected chi connectivity index (χ1v) is 6.56. The lowest BCUT2D eigenvalue weighted by atomic mass is 10.1. The molecule has 1 aromatic carbocycles. The first kappa shape index (κ1) is 18.1. The Bertz CT molecular complexity index is 446. The number of aliphatic hydroxyl groups is 1. The van der Waals surface area contributed by atoms with Crippen LogP contribution in [-0.2, 0) is 0 Å². The second-order valence-corrected chi connectivity index (χ2v) is 4.65. The number of hydrogen-bond donors (Lipinski definition) is 1. The Morgan fingerprint density at radius 3 is 2.20 bits per heavy atom. The van der Waals surface area contributed by atoms with Crippen LogP contribution in [0.2, 0.25) is 0 Å². The second-order valence-electron chi connectivity index (χ2n) is 4.65. The van der Waals surface area contributed by atoms with Crippen molar-refractivity contribution in [1.82, 2.24) is 0 Å². The average molecular weight is 277 g/mol. The summed E-state index contributed by atoms with van der Waals surface area (Å²) in [7, 11) is 0. The summed E-state index contributed by atoms with van der Waals surface area (Å²) < 4.78 is 0. The molecule has 1 N–H and O–H groups in total. The highest BCUT2D eigenvalue weighted by Gasteiger charge is 1.98. The van der Waals surface area contributed by atoms with Crippen molar-refractivity contribution in [2.75, 3.05) is 6.61 Å². The zero-order chi connectivity index (χ0) is 15.4. The van der Waals surface area contributed by atoms with E-state index in [1.807, 2.05) is 6.08 Å². The van der Waals surface area contributed by atoms with Crippen molar-refractivity contribution in [3.63, 3.8) is 0 Å². The standard InChI is InChI=1S/C10H18O.C6H5NO2/c1-9(2)5-4-6-10(3)7-8-11;8-7(9)6-4-2-1-3-5-6/h5,7,11H,4,6,8H2,1-3H3;1-5H. The third kappa shape index (κ3) is 10.0. The molecule has 0 radical (unpaired) electrons. The number of hydrogen-bond acceptors (Lipinski definition) is 3. The topological polar surface area (TPSA) is 63.4 Å². The van der Waals surface area contributed by atoms with Crippen molar-refractivity contribution < 1.29 is 10.0 Å². The predicted molar refractivity (Wildman–Crippen MR) is 82.6 cm³/mol. The molecule has 1 aromatic rings. The fourth-order valence-corrected chi connectivity index (χ4v) is 1.40. The van der Waals surface area contributed by atoms with E-state index in [2.05, 4.69) is 26.8 Å². The van der Waals surface area contributed by atoms with Gasteiger partial charge in [-0.25, -0.2) is 0 Å². The molecule has 0 aromatic heterocycles. The second kappa shape index (κ2) is 10.9. The molecule has 0 bridgehead atoms. The Morgan fingerprint density at radius 2 is 1.80 bits per heavy atom. The van der Waals surface area contributed by atoms with E-state index in [-0.39, 0.29) is 12.3 Å². The van der Waals surface area contributed by atoms with Gasteiger partial charge < -0.3 is 5.11 Å². The first-order valence-electron chi connectivity index (χ1n) is 6.56. The van der Waals surface area contributed by atoms with Crippen LogP contribution in [0.5, 0.6) is 0 Å². The Hall–Kier alpha value is -1.94. The molecule has 0 spiro atoms. The van der Waals surface area contributed by atoms with Crippen molar-refractivity contribution in [3.05, 3.63) is 63.7 Å². The van der Waals surface area contributed by atoms with Crippen molar-refractivity contribution in [1.29, 1.82) is 0 Å². The van der Waals surface area contributed by atoms with Crippen LogP contribution in [0.4, 0.5) is 5.69 Å². The smallest absolute Gasteiger partial charge is 0.269 e. The maximum atomic E-state index is 10.0. The van der Waals surface area contributed by atoms with E-state index in [1.54, 1.807) is 18.2 Å². The number of nitro groups is 1. The van der Waals surface area contributed by atoms with Gasteiger partial charge in [-0.1, -0.05) is 41.5 Å². The monoisotopic (exact) mass is 277 g/mol. The molecule has 4 heteroatoms. The SMILES string of the molecule is CC(C)=CCCC(C)=CCO.O=[N+]([O-])c1ccccc1. The van der Waals surface area contributed by atoms with Crippen LogP contribution in [0.15, 0.2) is 53.6 Å². The molecule has 0 atom stereocenters. The van der Waals surface area contributed by atoms with Crippen molar-refractivity contribution in [3.8, 4) is 0 Å². The highest BCUT2D eigenvalue weighted by Crippen LogP contribution is 2.07. The predicted octanol–water partition coefficient (Wildman–Crippen LogP) is 4.27. The molecular formula is C16H23NO3. The number of rotatable bonds is 5. The van der Waals surface area contributed by atoms with Gasteiger partial charge in [-0.15, -0.1) is 0 Å². The molecule has 1 rings (SSSR count). The highest BCUT2D eigenvalue weighted by molar-refractivity contribution is 5.27. The fourth-order valence-electron chi connectivity index (χ4n) is 1.40. The van der Waals surface area contributed by atoms with Crippen LogP contribution >= 0.6 is 0 Å². The van der Waals surface area contributed by atoms with Gasteiger partial charge in [-0.2, -0.15) is 0 Å². The number of non-ortho nitro benzene ring substituents is 1. The van der Waals surface area contributed by atoms with Gasteiger partial charge in [-0.05, 0) is 33.6 Å². The van der Waals surface area contributed by atoms with Crippen LogP contribution in [0.1, 0.15) is 33.6 Å². The van der Waals surface area contributed by atoms with Crippen LogP contribution in [0, 0.1) is 10.1 Å². The highest BCUT2D eigenvalue weighted by atomic mass is 16.6. The molecule has 0 saturated carbocycles. The van der Waals surface area contributed by atoms with Crippen LogP contribution in [-0.4, -0.2) is 16.6 Å². The summed E-state index contributed by atoms with van der Waals surface area (Å²) in [6.45, 7) is 6.42. The van der Waals surface area contributed by atoms with E-state index in [0.29, 0.717) is 0 Å². The van der Waals surface area contributed by atoms with Crippen molar-refractivity contribution in [2.45, 2.75) is 33.6 Å². The summed E-state index contributed by atoms with van der Waals surface area (Å²) in [6.07, 6.45) is 6.23. The lowest BCUT2D eigenvalue weighted by molar-refractivity contribution is -0.384. The Kier molecular flexibility index (Phi) is 9.87. The summed E-state index contributed by atoms with van der Waals surface area (Å²) in [5.74, 6) is 0. The Labute approximate surface area is 120 Å². The average Bonchev–Trinajstić information content (AvgIpc) is 2.40. The normalized spacial score (nSPS) is 10.3. The van der Waals surface area contributed by atoms with Gasteiger partial charge in [0.05, 0.1) is 11.5 Å². The van der Waals surface area contributed by atoms with Crippen molar-refractivity contribution >= 4 is 5.69 Å². The number of nitro benzene ring substituents is 1. The summed E-state index contributed by atoms with van der Waals surface area (Å²) >= 11 is 0. The van der Waals surface area contributed by atoms with Gasteiger partial charge in [0.2, 0.25) is 0 Å². The largest absolute Gasteiger partial charge is 0.392 e. The lowest BCUT2D eigenvalue weighted by Gasteiger charge is -1.96. The van der Waals surface area contributed by atoms with E-state index >= 15 is 0 Å². The molecular weight excluding hydrogens is 254 g/mol. The van der Waals surface area contributed by atoms with Gasteiger partial charge in [0.25, 0.3) is 5.69 Å². The summed E-state index contributed by atoms with van der Waals surface area (Å²) in [6, 6.07) is 7.93. The minimum absolute atomic E-state index is 0.137. The number of benzene rings is 1. The molecule has 0 fully saturated rings. The van der Waals surface area contributed by atoms with Gasteiger partial charge in [-0.3, -0.25) is 10.1 Å². The molecule has 0 aliphatic heterocycles. The third-order valence-corrected chi connectivity index (χ3v) is 2.50. The number of nitrogens with zero attached hydrogens (tertiary/aromatic N) is 1. The van der Waals surface area contributed by atoms with Gasteiger partial charge in [0, 0.05) is 12.1 Å². The summed E-state index contributed by atoms with van der Waals surface area (Å²) in [5.41, 5.74) is 2.77. The Morgan fingerprint density at radius 1 is 1.20 bits per heavy atom. The molecule has 20 heavy (non-hydrogen) atoms. The van der Waals surface area contributed by atoms with E-state index in [1.165, 1.54) is 23.3 Å². The first-order chi connectivity index (χ1) is 9.47. The molecule has 0 aliphatic carbocycles. The minimum Gasteiger partial charge on any atom is -0.392 e. The Balaban J connectivity index is 0.000000367. The molecule has 0 aliphatic rings. The summed E-state index contributed by atoms with van der Waals surface area (Å²) in [5, 5.41) is 18.6. The molecule has 0 unspecified atom stereocenters. The summed E-state index contributed by atoms with van der Waals surface area (Å²) in [4.78, 5) is 9.59. The zero-order valence-electron chi connectivity index (χ0n) is 12.4. The van der Waals surface area contributed by atoms with Crippen LogP contribution < -0.4 is 0 Å². The van der Waals surface area contributed by atoms with E-state index in [0.717, 1.165) is 12.8 Å². The molecule has 0 saturated heterocycles. The van der Waals surface area contributed by atoms with Crippen LogP contribution in [0.25, 0.3) is 0 Å². The lowest BCUT2D eigenvalue weighted by Crippen LogP contribution is -1.84. The van der Waals surface area contributed by atoms with Gasteiger partial charge >= 0.3 is 0 Å².